The van der Waals surface area contributed by atoms with E-state index in [9.17, 15) is 0 Å². The quantitative estimate of drug-likeness (QED) is 0.766. The Bertz CT molecular complexity index is 423. The van der Waals surface area contributed by atoms with Gasteiger partial charge in [-0.05, 0) is 36.2 Å². The molecule has 0 aliphatic carbocycles. The summed E-state index contributed by atoms with van der Waals surface area (Å²) in [5.41, 5.74) is 7.70. The normalized spacial score (nSPS) is 10.0. The van der Waals surface area contributed by atoms with Crippen LogP contribution in [0.4, 0.5) is 11.5 Å². The van der Waals surface area contributed by atoms with Crippen LogP contribution in [0.5, 0.6) is 0 Å². The second-order valence-corrected chi connectivity index (χ2v) is 3.63. The van der Waals surface area contributed by atoms with E-state index in [0.717, 1.165) is 24.5 Å². The van der Waals surface area contributed by atoms with E-state index in [4.69, 9.17) is 5.73 Å². The van der Waals surface area contributed by atoms with Gasteiger partial charge in [-0.1, -0.05) is 18.2 Å². The molecule has 0 fully saturated rings. The summed E-state index contributed by atoms with van der Waals surface area (Å²) in [5.74, 6) is 0.915. The van der Waals surface area contributed by atoms with Gasteiger partial charge in [0.2, 0.25) is 0 Å². The molecule has 0 bridgehead atoms. The third-order valence-corrected chi connectivity index (χ3v) is 2.36. The zero-order chi connectivity index (χ0) is 11.2. The summed E-state index contributed by atoms with van der Waals surface area (Å²) < 4.78 is 0. The SMILES string of the molecule is Nc1ccc(CCNc2ccccn2)cc1. The van der Waals surface area contributed by atoms with Crippen LogP contribution in [0, 0.1) is 0 Å². The number of pyridine rings is 1. The molecule has 1 aromatic heterocycles. The number of nitrogen functional groups attached to an aromatic ring is 1. The maximum Gasteiger partial charge on any atom is 0.125 e. The largest absolute Gasteiger partial charge is 0.399 e. The van der Waals surface area contributed by atoms with E-state index in [2.05, 4.69) is 22.4 Å². The van der Waals surface area contributed by atoms with Gasteiger partial charge in [-0.3, -0.25) is 0 Å². The Labute approximate surface area is 95.3 Å². The van der Waals surface area contributed by atoms with E-state index in [0.29, 0.717) is 0 Å². The first-order valence-electron chi connectivity index (χ1n) is 5.34. The number of hydrogen-bond donors (Lipinski definition) is 2. The highest BCUT2D eigenvalue weighted by atomic mass is 15.0. The lowest BCUT2D eigenvalue weighted by atomic mass is 10.1. The highest BCUT2D eigenvalue weighted by molar-refractivity contribution is 5.39. The second-order valence-electron chi connectivity index (χ2n) is 3.63. The molecular weight excluding hydrogens is 198 g/mol. The summed E-state index contributed by atoms with van der Waals surface area (Å²) in [6.45, 7) is 0.876. The van der Waals surface area contributed by atoms with E-state index >= 15 is 0 Å². The molecule has 16 heavy (non-hydrogen) atoms. The first-order chi connectivity index (χ1) is 7.84. The van der Waals surface area contributed by atoms with Crippen molar-refractivity contribution in [1.29, 1.82) is 0 Å². The zero-order valence-corrected chi connectivity index (χ0v) is 9.06. The van der Waals surface area contributed by atoms with Crippen LogP contribution in [0.1, 0.15) is 5.56 Å². The lowest BCUT2D eigenvalue weighted by Crippen LogP contribution is -2.05. The average molecular weight is 213 g/mol. The molecule has 0 amide bonds. The summed E-state index contributed by atoms with van der Waals surface area (Å²) in [6.07, 6.45) is 2.75. The standard InChI is InChI=1S/C13H15N3/c14-12-6-4-11(5-7-12)8-10-16-13-3-1-2-9-15-13/h1-7,9H,8,10,14H2,(H,15,16). The molecule has 2 aromatic rings. The van der Waals surface area contributed by atoms with Gasteiger partial charge in [-0.15, -0.1) is 0 Å². The van der Waals surface area contributed by atoms with Crippen molar-refractivity contribution >= 4 is 11.5 Å². The van der Waals surface area contributed by atoms with Crippen molar-refractivity contribution in [2.45, 2.75) is 6.42 Å². The van der Waals surface area contributed by atoms with Crippen molar-refractivity contribution in [2.24, 2.45) is 0 Å². The molecular formula is C13H15N3. The minimum absolute atomic E-state index is 0.807. The number of anilines is 2. The number of nitrogens with one attached hydrogen (secondary N) is 1. The van der Waals surface area contributed by atoms with Crippen molar-refractivity contribution < 1.29 is 0 Å². The van der Waals surface area contributed by atoms with Gasteiger partial charge in [0.25, 0.3) is 0 Å². The van der Waals surface area contributed by atoms with Crippen LogP contribution >= 0.6 is 0 Å². The van der Waals surface area contributed by atoms with Gasteiger partial charge in [0.05, 0.1) is 0 Å². The van der Waals surface area contributed by atoms with Crippen molar-refractivity contribution in [3.63, 3.8) is 0 Å². The van der Waals surface area contributed by atoms with E-state index < -0.39 is 0 Å². The molecule has 3 N–H and O–H groups in total. The lowest BCUT2D eigenvalue weighted by Gasteiger charge is -2.05. The fraction of sp³-hybridized carbons (Fsp3) is 0.154. The first-order valence-corrected chi connectivity index (χ1v) is 5.34. The van der Waals surface area contributed by atoms with Crippen LogP contribution in [0.15, 0.2) is 48.7 Å². The Morgan fingerprint density at radius 3 is 2.56 bits per heavy atom. The van der Waals surface area contributed by atoms with Crippen LogP contribution in [0.2, 0.25) is 0 Å². The molecule has 2 rings (SSSR count). The van der Waals surface area contributed by atoms with E-state index in [1.807, 2.05) is 30.3 Å². The molecule has 0 atom stereocenters. The van der Waals surface area contributed by atoms with Crippen LogP contribution in [-0.2, 0) is 6.42 Å². The third-order valence-electron chi connectivity index (χ3n) is 2.36. The molecule has 82 valence electrons. The molecule has 0 unspecified atom stereocenters. The van der Waals surface area contributed by atoms with Gasteiger partial charge in [-0.25, -0.2) is 4.98 Å². The molecule has 3 heteroatoms. The maximum absolute atomic E-state index is 5.62. The Hall–Kier alpha value is -2.03. The van der Waals surface area contributed by atoms with Crippen LogP contribution in [0.25, 0.3) is 0 Å². The molecule has 0 saturated heterocycles. The van der Waals surface area contributed by atoms with Gasteiger partial charge in [-0.2, -0.15) is 0 Å². The fourth-order valence-corrected chi connectivity index (χ4v) is 1.49. The van der Waals surface area contributed by atoms with Gasteiger partial charge >= 0.3 is 0 Å². The monoisotopic (exact) mass is 213 g/mol. The summed E-state index contributed by atoms with van der Waals surface area (Å²) >= 11 is 0. The number of rotatable bonds is 4. The highest BCUT2D eigenvalue weighted by Crippen LogP contribution is 2.06. The minimum atomic E-state index is 0.807. The molecule has 3 nitrogen and oxygen atoms in total. The van der Waals surface area contributed by atoms with Gasteiger partial charge < -0.3 is 11.1 Å². The summed E-state index contributed by atoms with van der Waals surface area (Å²) in [5, 5.41) is 3.27. The third kappa shape index (κ3) is 2.98. The van der Waals surface area contributed by atoms with Gasteiger partial charge in [0, 0.05) is 18.4 Å². The number of benzene rings is 1. The summed E-state index contributed by atoms with van der Waals surface area (Å²) in [7, 11) is 0. The van der Waals surface area contributed by atoms with Crippen LogP contribution in [-0.4, -0.2) is 11.5 Å². The van der Waals surface area contributed by atoms with Crippen molar-refractivity contribution in [3.05, 3.63) is 54.2 Å². The average Bonchev–Trinajstić information content (AvgIpc) is 2.33. The van der Waals surface area contributed by atoms with E-state index in [-0.39, 0.29) is 0 Å². The van der Waals surface area contributed by atoms with Crippen molar-refractivity contribution in [1.82, 2.24) is 4.98 Å². The molecule has 0 aliphatic heterocycles. The second kappa shape index (κ2) is 5.16. The van der Waals surface area contributed by atoms with Gasteiger partial charge in [0.15, 0.2) is 0 Å². The minimum Gasteiger partial charge on any atom is -0.399 e. The number of nitrogens with two attached hydrogens (primary N) is 1. The van der Waals surface area contributed by atoms with Crippen molar-refractivity contribution in [3.8, 4) is 0 Å². The Morgan fingerprint density at radius 1 is 1.06 bits per heavy atom. The predicted molar refractivity (Wildman–Crippen MR) is 67.3 cm³/mol. The predicted octanol–water partition coefficient (Wildman–Crippen LogP) is 2.32. The fourth-order valence-electron chi connectivity index (χ4n) is 1.49. The first kappa shape index (κ1) is 10.5. The van der Waals surface area contributed by atoms with Crippen LogP contribution in [0.3, 0.4) is 0 Å². The maximum atomic E-state index is 5.62. The number of hydrogen-bond acceptors (Lipinski definition) is 3. The number of nitrogens with zero attached hydrogens (tertiary/aromatic N) is 1. The topological polar surface area (TPSA) is 50.9 Å². The molecule has 1 aromatic carbocycles. The van der Waals surface area contributed by atoms with Gasteiger partial charge in [0.1, 0.15) is 5.82 Å². The summed E-state index contributed by atoms with van der Waals surface area (Å²) in [4.78, 5) is 4.19. The molecule has 0 saturated carbocycles. The molecule has 0 aliphatic rings. The lowest BCUT2D eigenvalue weighted by molar-refractivity contribution is 1.01. The zero-order valence-electron chi connectivity index (χ0n) is 9.06. The van der Waals surface area contributed by atoms with Crippen molar-refractivity contribution in [2.75, 3.05) is 17.6 Å². The molecule has 1 heterocycles. The highest BCUT2D eigenvalue weighted by Gasteiger charge is 1.94. The van der Waals surface area contributed by atoms with E-state index in [1.54, 1.807) is 6.20 Å². The Balaban J connectivity index is 1.82. The van der Waals surface area contributed by atoms with E-state index in [1.165, 1.54) is 5.56 Å². The Kier molecular flexibility index (Phi) is 3.38. The molecule has 0 radical (unpaired) electrons. The Morgan fingerprint density at radius 2 is 1.88 bits per heavy atom. The van der Waals surface area contributed by atoms with Crippen LogP contribution < -0.4 is 11.1 Å². The molecule has 0 spiro atoms. The summed E-state index contributed by atoms with van der Waals surface area (Å²) in [6, 6.07) is 13.8. The number of aromatic nitrogens is 1. The smallest absolute Gasteiger partial charge is 0.125 e.